The number of para-hydroxylation sites is 1. The Morgan fingerprint density at radius 3 is 2.64 bits per heavy atom. The Kier molecular flexibility index (Phi) is 5.37. The topological polar surface area (TPSA) is 93.1 Å². The number of ether oxygens (including phenoxy) is 1. The van der Waals surface area contributed by atoms with Crippen LogP contribution in [0.3, 0.4) is 0 Å². The molecule has 0 radical (unpaired) electrons. The predicted molar refractivity (Wildman–Crippen MR) is 123 cm³/mol. The van der Waals surface area contributed by atoms with Crippen molar-refractivity contribution in [2.45, 2.75) is 19.3 Å². The molecule has 8 nitrogen and oxygen atoms in total. The van der Waals surface area contributed by atoms with Gasteiger partial charge in [-0.1, -0.05) is 24.1 Å². The number of nitrogens with one attached hydrogen (secondary N) is 1. The summed E-state index contributed by atoms with van der Waals surface area (Å²) in [5.74, 6) is 7.07. The van der Waals surface area contributed by atoms with E-state index in [9.17, 15) is 9.59 Å². The molecule has 0 aliphatic carbocycles. The van der Waals surface area contributed by atoms with E-state index in [4.69, 9.17) is 4.74 Å². The zero-order chi connectivity index (χ0) is 22.8. The maximum Gasteiger partial charge on any atom is 0.332 e. The summed E-state index contributed by atoms with van der Waals surface area (Å²) in [5, 5.41) is 0. The highest BCUT2D eigenvalue weighted by atomic mass is 16.5. The molecule has 0 spiro atoms. The first-order valence-corrected chi connectivity index (χ1v) is 10.6. The molecule has 33 heavy (non-hydrogen) atoms. The van der Waals surface area contributed by atoms with E-state index in [1.165, 1.54) is 4.57 Å². The average Bonchev–Trinajstić information content (AvgIpc) is 3.44. The van der Waals surface area contributed by atoms with Crippen LogP contribution in [0.1, 0.15) is 25.1 Å². The van der Waals surface area contributed by atoms with E-state index in [0.29, 0.717) is 41.5 Å². The number of benzene rings is 2. The van der Waals surface area contributed by atoms with Gasteiger partial charge in [0.1, 0.15) is 22.8 Å². The summed E-state index contributed by atoms with van der Waals surface area (Å²) in [6.07, 6.45) is 2.41. The summed E-state index contributed by atoms with van der Waals surface area (Å²) in [6, 6.07) is 16.8. The fourth-order valence-electron chi connectivity index (χ4n) is 3.99. The molecule has 1 N–H and O–H groups in total. The second-order valence-electron chi connectivity index (χ2n) is 7.75. The maximum absolute atomic E-state index is 12.7. The van der Waals surface area contributed by atoms with Crippen LogP contribution in [0.15, 0.2) is 65.6 Å². The summed E-state index contributed by atoms with van der Waals surface area (Å²) in [6.45, 7) is 2.79. The number of hydrogen-bond donors (Lipinski definition) is 1. The Morgan fingerprint density at radius 1 is 1.12 bits per heavy atom. The number of fused-ring (bicyclic) bond motifs is 1. The van der Waals surface area contributed by atoms with Crippen molar-refractivity contribution in [1.29, 1.82) is 0 Å². The molecule has 2 aromatic carbocycles. The van der Waals surface area contributed by atoms with Crippen molar-refractivity contribution in [2.24, 2.45) is 0 Å². The fraction of sp³-hybridized carbons (Fsp3) is 0.200. The van der Waals surface area contributed by atoms with Crippen molar-refractivity contribution in [2.75, 3.05) is 13.1 Å². The van der Waals surface area contributed by atoms with Crippen molar-refractivity contribution in [3.8, 4) is 29.0 Å². The lowest BCUT2D eigenvalue weighted by molar-refractivity contribution is -0.124. The van der Waals surface area contributed by atoms with Crippen LogP contribution < -0.4 is 10.4 Å². The highest BCUT2D eigenvalue weighted by molar-refractivity contribution is 5.93. The molecule has 164 valence electrons. The van der Waals surface area contributed by atoms with Crippen molar-refractivity contribution in [3.05, 3.63) is 77.1 Å². The lowest BCUT2D eigenvalue weighted by Gasteiger charge is -2.12. The van der Waals surface area contributed by atoms with E-state index in [1.54, 1.807) is 18.0 Å². The van der Waals surface area contributed by atoms with E-state index in [2.05, 4.69) is 26.8 Å². The van der Waals surface area contributed by atoms with Crippen molar-refractivity contribution >= 4 is 17.1 Å². The first-order valence-electron chi connectivity index (χ1n) is 10.6. The first-order chi connectivity index (χ1) is 16.1. The van der Waals surface area contributed by atoms with Gasteiger partial charge < -0.3 is 9.64 Å². The first kappa shape index (κ1) is 20.5. The second kappa shape index (κ2) is 8.63. The number of amides is 1. The maximum atomic E-state index is 12.7. The van der Waals surface area contributed by atoms with Crippen LogP contribution in [0.2, 0.25) is 0 Å². The molecule has 3 heterocycles. The third-order valence-corrected chi connectivity index (χ3v) is 5.60. The van der Waals surface area contributed by atoms with Gasteiger partial charge in [0.05, 0.1) is 11.9 Å². The lowest BCUT2D eigenvalue weighted by atomic mass is 10.1. The molecule has 2 aromatic heterocycles. The minimum absolute atomic E-state index is 0.0123. The van der Waals surface area contributed by atoms with Gasteiger partial charge in [-0.05, 0) is 55.7 Å². The van der Waals surface area contributed by atoms with Crippen molar-refractivity contribution < 1.29 is 9.53 Å². The average molecular weight is 439 g/mol. The summed E-state index contributed by atoms with van der Waals surface area (Å²) in [7, 11) is 0. The van der Waals surface area contributed by atoms with E-state index in [0.717, 1.165) is 12.2 Å². The Balaban J connectivity index is 1.39. The number of imidazole rings is 1. The Morgan fingerprint density at radius 2 is 1.88 bits per heavy atom. The number of likely N-dealkylation sites (tertiary alicyclic amines) is 1. The van der Waals surface area contributed by atoms with E-state index in [1.807, 2.05) is 54.6 Å². The van der Waals surface area contributed by atoms with Crippen LogP contribution in [-0.4, -0.2) is 43.4 Å². The number of aromatic nitrogens is 4. The highest BCUT2D eigenvalue weighted by Gasteiger charge is 2.29. The minimum Gasteiger partial charge on any atom is -0.457 e. The molecule has 1 aliphatic heterocycles. The van der Waals surface area contributed by atoms with Gasteiger partial charge in [0, 0.05) is 19.0 Å². The van der Waals surface area contributed by atoms with Crippen LogP contribution in [0, 0.1) is 11.8 Å². The molecule has 1 saturated heterocycles. The SMILES string of the molecule is CC#CC(=O)N1CCC(c2ncc3c(n2)[nH]c(=O)n3-c2ccc(Oc3ccccc3)cc2)C1. The molecular formula is C25H21N5O3. The molecule has 1 unspecified atom stereocenters. The zero-order valence-corrected chi connectivity index (χ0v) is 18.0. The molecule has 1 amide bonds. The summed E-state index contributed by atoms with van der Waals surface area (Å²) in [4.78, 5) is 38.4. The number of H-pyrrole nitrogens is 1. The number of carbonyl (C=O) groups excluding carboxylic acids is 1. The molecule has 5 rings (SSSR count). The smallest absolute Gasteiger partial charge is 0.332 e. The molecule has 0 saturated carbocycles. The van der Waals surface area contributed by atoms with Gasteiger partial charge in [-0.25, -0.2) is 14.8 Å². The number of carbonyl (C=O) groups is 1. The number of rotatable bonds is 4. The molecule has 1 atom stereocenters. The van der Waals surface area contributed by atoms with Gasteiger partial charge in [0.2, 0.25) is 0 Å². The number of hydrogen-bond acceptors (Lipinski definition) is 5. The van der Waals surface area contributed by atoms with Crippen LogP contribution in [-0.2, 0) is 4.79 Å². The van der Waals surface area contributed by atoms with Gasteiger partial charge in [-0.2, -0.15) is 0 Å². The minimum atomic E-state index is -0.297. The molecule has 4 aromatic rings. The Labute approximate surface area is 189 Å². The van der Waals surface area contributed by atoms with Gasteiger partial charge in [0.15, 0.2) is 5.65 Å². The van der Waals surface area contributed by atoms with Gasteiger partial charge in [-0.3, -0.25) is 14.3 Å². The van der Waals surface area contributed by atoms with Gasteiger partial charge >= 0.3 is 5.69 Å². The molecular weight excluding hydrogens is 418 g/mol. The normalized spacial score (nSPS) is 15.3. The van der Waals surface area contributed by atoms with Crippen molar-refractivity contribution in [1.82, 2.24) is 24.4 Å². The summed E-state index contributed by atoms with van der Waals surface area (Å²) >= 11 is 0. The third kappa shape index (κ3) is 4.08. The zero-order valence-electron chi connectivity index (χ0n) is 18.0. The Bertz CT molecular complexity index is 1430. The molecule has 0 bridgehead atoms. The van der Waals surface area contributed by atoms with Gasteiger partial charge in [0.25, 0.3) is 5.91 Å². The van der Waals surface area contributed by atoms with Crippen LogP contribution in [0.25, 0.3) is 16.9 Å². The number of aromatic amines is 1. The summed E-state index contributed by atoms with van der Waals surface area (Å²) < 4.78 is 7.36. The number of nitrogens with zero attached hydrogens (tertiary/aromatic N) is 4. The lowest BCUT2D eigenvalue weighted by Crippen LogP contribution is -2.27. The largest absolute Gasteiger partial charge is 0.457 e. The fourth-order valence-corrected chi connectivity index (χ4v) is 3.99. The highest BCUT2D eigenvalue weighted by Crippen LogP contribution is 2.26. The van der Waals surface area contributed by atoms with E-state index < -0.39 is 0 Å². The predicted octanol–water partition coefficient (Wildman–Crippen LogP) is 3.24. The Hall–Kier alpha value is -4.38. The van der Waals surface area contributed by atoms with E-state index >= 15 is 0 Å². The molecule has 1 aliphatic rings. The van der Waals surface area contributed by atoms with Crippen LogP contribution in [0.5, 0.6) is 11.5 Å². The van der Waals surface area contributed by atoms with Gasteiger partial charge in [-0.15, -0.1) is 0 Å². The second-order valence-corrected chi connectivity index (χ2v) is 7.75. The molecule has 1 fully saturated rings. The summed E-state index contributed by atoms with van der Waals surface area (Å²) in [5.41, 5.74) is 1.43. The molecule has 8 heteroatoms. The van der Waals surface area contributed by atoms with Crippen LogP contribution >= 0.6 is 0 Å². The monoisotopic (exact) mass is 439 g/mol. The van der Waals surface area contributed by atoms with Crippen LogP contribution in [0.4, 0.5) is 0 Å². The standard InChI is InChI=1S/C25H21N5O3/c1-2-6-22(31)29-14-13-17(16-29)23-26-15-21-24(27-23)28-25(32)30(21)18-9-11-20(12-10-18)33-19-7-4-3-5-8-19/h3-5,7-12,15,17H,13-14,16H2,1H3,(H,26,27,28,32). The third-order valence-electron chi connectivity index (χ3n) is 5.60. The van der Waals surface area contributed by atoms with E-state index in [-0.39, 0.29) is 17.5 Å². The van der Waals surface area contributed by atoms with Crippen molar-refractivity contribution in [3.63, 3.8) is 0 Å². The quantitative estimate of drug-likeness (QED) is 0.493.